The van der Waals surface area contributed by atoms with Crippen molar-refractivity contribution in [2.75, 3.05) is 13.1 Å². The Kier molecular flexibility index (Phi) is 4.76. The Bertz CT molecular complexity index is 1040. The molecule has 28 heavy (non-hydrogen) atoms. The van der Waals surface area contributed by atoms with Gasteiger partial charge in [0, 0.05) is 44.4 Å². The van der Waals surface area contributed by atoms with Crippen LogP contribution in [-0.4, -0.2) is 58.0 Å². The average molecular weight is 382 g/mol. The molecule has 1 aliphatic heterocycles. The lowest BCUT2D eigenvalue weighted by Gasteiger charge is -2.32. The fourth-order valence-electron chi connectivity index (χ4n) is 3.69. The highest BCUT2D eigenvalue weighted by Crippen LogP contribution is 2.26. The molecule has 4 rings (SSSR count). The van der Waals surface area contributed by atoms with Gasteiger partial charge >= 0.3 is 5.69 Å². The molecule has 4 heterocycles. The zero-order valence-corrected chi connectivity index (χ0v) is 15.9. The van der Waals surface area contributed by atoms with Gasteiger partial charge in [0.15, 0.2) is 0 Å². The smallest absolute Gasteiger partial charge is 0.338 e. The second-order valence-electron chi connectivity index (χ2n) is 6.87. The Morgan fingerprint density at radius 2 is 2.07 bits per heavy atom. The lowest BCUT2D eigenvalue weighted by Crippen LogP contribution is -2.40. The second-order valence-corrected chi connectivity index (χ2v) is 6.87. The first kappa shape index (κ1) is 18.1. The first-order chi connectivity index (χ1) is 13.6. The van der Waals surface area contributed by atoms with Crippen LogP contribution in [-0.2, 0) is 13.6 Å². The molecule has 3 aromatic heterocycles. The largest absolute Gasteiger partial charge is 0.345 e. The third-order valence-electron chi connectivity index (χ3n) is 5.10. The van der Waals surface area contributed by atoms with E-state index in [-0.39, 0.29) is 17.5 Å². The van der Waals surface area contributed by atoms with Gasteiger partial charge in [0.25, 0.3) is 5.91 Å². The van der Waals surface area contributed by atoms with E-state index in [0.29, 0.717) is 31.0 Å². The number of rotatable bonds is 4. The summed E-state index contributed by atoms with van der Waals surface area (Å²) in [5.74, 6) is 1.34. The molecule has 3 aromatic rings. The van der Waals surface area contributed by atoms with Gasteiger partial charge in [0.2, 0.25) is 0 Å². The number of hydrogen-bond donors (Lipinski definition) is 0. The van der Waals surface area contributed by atoms with Gasteiger partial charge in [0.05, 0.1) is 0 Å². The summed E-state index contributed by atoms with van der Waals surface area (Å²) in [6, 6.07) is 3.45. The molecule has 10 nitrogen and oxygen atoms in total. The van der Waals surface area contributed by atoms with Crippen LogP contribution in [0.2, 0.25) is 0 Å². The molecule has 0 radical (unpaired) electrons. The van der Waals surface area contributed by atoms with Crippen molar-refractivity contribution in [3.63, 3.8) is 0 Å². The Morgan fingerprint density at radius 3 is 2.82 bits per heavy atom. The van der Waals surface area contributed by atoms with Crippen LogP contribution in [0.15, 0.2) is 35.8 Å². The van der Waals surface area contributed by atoms with Gasteiger partial charge in [-0.05, 0) is 31.9 Å². The maximum atomic E-state index is 13.1. The predicted octanol–water partition coefficient (Wildman–Crippen LogP) is 0.597. The topological polar surface area (TPSA) is 104 Å². The van der Waals surface area contributed by atoms with E-state index in [4.69, 9.17) is 0 Å². The fourth-order valence-corrected chi connectivity index (χ4v) is 3.69. The maximum absolute atomic E-state index is 13.1. The SMILES string of the molecule is CCn1c(C2CCCN(C(=O)c3ccnc(-n4cnnc4)c3)C2)nn(C)c1=O. The Hall–Kier alpha value is -3.30. The summed E-state index contributed by atoms with van der Waals surface area (Å²) >= 11 is 0. The van der Waals surface area contributed by atoms with Crippen molar-refractivity contribution >= 4 is 5.91 Å². The zero-order valence-electron chi connectivity index (χ0n) is 15.9. The molecule has 0 aliphatic carbocycles. The highest BCUT2D eigenvalue weighted by molar-refractivity contribution is 5.94. The molecule has 0 spiro atoms. The van der Waals surface area contributed by atoms with E-state index >= 15 is 0 Å². The molecule has 0 N–H and O–H groups in total. The highest BCUT2D eigenvalue weighted by atomic mass is 16.2. The van der Waals surface area contributed by atoms with E-state index in [1.807, 2.05) is 11.8 Å². The van der Waals surface area contributed by atoms with Crippen LogP contribution in [0.4, 0.5) is 0 Å². The molecule has 1 atom stereocenters. The molecule has 1 saturated heterocycles. The van der Waals surface area contributed by atoms with E-state index in [9.17, 15) is 9.59 Å². The standard InChI is InChI=1S/C18H22N8O2/c1-3-26-16(22-23(2)18(26)28)14-5-4-8-24(10-14)17(27)13-6-7-19-15(9-13)25-11-20-21-12-25/h6-7,9,11-12,14H,3-5,8,10H2,1-2H3. The summed E-state index contributed by atoms with van der Waals surface area (Å²) in [6.45, 7) is 3.73. The fraction of sp³-hybridized carbons (Fsp3) is 0.444. The van der Waals surface area contributed by atoms with E-state index in [1.54, 1.807) is 47.2 Å². The van der Waals surface area contributed by atoms with Crippen molar-refractivity contribution in [2.45, 2.75) is 32.2 Å². The number of aromatic nitrogens is 7. The Labute approximate surface area is 161 Å². The minimum Gasteiger partial charge on any atom is -0.338 e. The number of aryl methyl sites for hydroxylation is 1. The predicted molar refractivity (Wildman–Crippen MR) is 100 cm³/mol. The van der Waals surface area contributed by atoms with Crippen molar-refractivity contribution < 1.29 is 4.79 Å². The third kappa shape index (κ3) is 3.21. The number of hydrogen-bond acceptors (Lipinski definition) is 6. The van der Waals surface area contributed by atoms with Crippen LogP contribution in [0.3, 0.4) is 0 Å². The van der Waals surface area contributed by atoms with E-state index < -0.39 is 0 Å². The van der Waals surface area contributed by atoms with Crippen LogP contribution in [0.5, 0.6) is 0 Å². The lowest BCUT2D eigenvalue weighted by atomic mass is 9.96. The molecule has 1 amide bonds. The van der Waals surface area contributed by atoms with Crippen molar-refractivity contribution in [1.82, 2.24) is 39.0 Å². The second kappa shape index (κ2) is 7.37. The van der Waals surface area contributed by atoms with Crippen molar-refractivity contribution in [3.8, 4) is 5.82 Å². The minimum atomic E-state index is -0.117. The number of carbonyl (C=O) groups excluding carboxylic acids is 1. The lowest BCUT2D eigenvalue weighted by molar-refractivity contribution is 0.0703. The molecule has 0 aromatic carbocycles. The number of piperidine rings is 1. The summed E-state index contributed by atoms with van der Waals surface area (Å²) in [4.78, 5) is 31.4. The van der Waals surface area contributed by atoms with Crippen LogP contribution < -0.4 is 5.69 Å². The van der Waals surface area contributed by atoms with Crippen LogP contribution >= 0.6 is 0 Å². The number of carbonyl (C=O) groups is 1. The monoisotopic (exact) mass is 382 g/mol. The molecule has 146 valence electrons. The van der Waals surface area contributed by atoms with Gasteiger partial charge in [0.1, 0.15) is 24.3 Å². The first-order valence-corrected chi connectivity index (χ1v) is 9.32. The van der Waals surface area contributed by atoms with Gasteiger partial charge in [-0.1, -0.05) is 0 Å². The number of pyridine rings is 1. The zero-order chi connectivity index (χ0) is 19.7. The summed E-state index contributed by atoms with van der Waals surface area (Å²) in [5, 5.41) is 12.0. The number of amides is 1. The molecule has 1 aliphatic rings. The van der Waals surface area contributed by atoms with Gasteiger partial charge in [-0.15, -0.1) is 10.2 Å². The summed E-state index contributed by atoms with van der Waals surface area (Å²) in [7, 11) is 1.66. The van der Waals surface area contributed by atoms with Crippen LogP contribution in [0.25, 0.3) is 5.82 Å². The maximum Gasteiger partial charge on any atom is 0.345 e. The molecule has 1 fully saturated rings. The molecular formula is C18H22N8O2. The average Bonchev–Trinajstić information content (AvgIpc) is 3.36. The van der Waals surface area contributed by atoms with Gasteiger partial charge in [-0.3, -0.25) is 13.9 Å². The Balaban J connectivity index is 1.57. The number of nitrogens with zero attached hydrogens (tertiary/aromatic N) is 8. The molecule has 10 heteroatoms. The summed E-state index contributed by atoms with van der Waals surface area (Å²) in [5.41, 5.74) is 0.446. The normalized spacial score (nSPS) is 17.1. The third-order valence-corrected chi connectivity index (χ3v) is 5.10. The van der Waals surface area contributed by atoms with Gasteiger partial charge < -0.3 is 4.90 Å². The summed E-state index contributed by atoms with van der Waals surface area (Å²) < 4.78 is 4.72. The van der Waals surface area contributed by atoms with Crippen LogP contribution in [0, 0.1) is 0 Å². The summed E-state index contributed by atoms with van der Waals surface area (Å²) in [6.07, 6.45) is 6.46. The van der Waals surface area contributed by atoms with Crippen molar-refractivity contribution in [1.29, 1.82) is 0 Å². The van der Waals surface area contributed by atoms with Crippen molar-refractivity contribution in [2.24, 2.45) is 7.05 Å². The van der Waals surface area contributed by atoms with E-state index in [1.165, 1.54) is 4.68 Å². The quantitative estimate of drug-likeness (QED) is 0.654. The molecule has 1 unspecified atom stereocenters. The van der Waals surface area contributed by atoms with E-state index in [2.05, 4.69) is 20.3 Å². The van der Waals surface area contributed by atoms with Crippen molar-refractivity contribution in [3.05, 3.63) is 52.9 Å². The Morgan fingerprint density at radius 1 is 1.29 bits per heavy atom. The number of likely N-dealkylation sites (tertiary alicyclic amines) is 1. The molecule has 0 bridgehead atoms. The molecule has 0 saturated carbocycles. The molecular weight excluding hydrogens is 360 g/mol. The highest BCUT2D eigenvalue weighted by Gasteiger charge is 2.29. The first-order valence-electron chi connectivity index (χ1n) is 9.32. The van der Waals surface area contributed by atoms with Crippen LogP contribution in [0.1, 0.15) is 41.9 Å². The van der Waals surface area contributed by atoms with E-state index in [0.717, 1.165) is 18.7 Å². The minimum absolute atomic E-state index is 0.0470. The van der Waals surface area contributed by atoms with Gasteiger partial charge in [-0.25, -0.2) is 14.5 Å². The van der Waals surface area contributed by atoms with Gasteiger partial charge in [-0.2, -0.15) is 5.10 Å².